The predicted molar refractivity (Wildman–Crippen MR) is 155 cm³/mol. The molecule has 1 aliphatic rings. The molecular formula is C26H33ClN6S2. The molecule has 1 aliphatic carbocycles. The number of halogens is 1. The van der Waals surface area contributed by atoms with E-state index in [0.717, 1.165) is 43.7 Å². The fraction of sp³-hybridized carbons (Fsp3) is 0.346. The first-order valence-electron chi connectivity index (χ1n) is 11.8. The Balaban J connectivity index is 0.00000167. The van der Waals surface area contributed by atoms with E-state index < -0.39 is 0 Å². The normalized spacial score (nSPS) is 14.3. The standard InChI is InChI=1S/C25H28ClN5S2.CH5N/c1-3-17-13-18(23(16-27-2)33-31-32-22-12-8-7-11-21(22)26)14-19-15-28-25(30-24(17)19)29-20-9-5-4-6-10-20;1-2/h7-8,11-16,20,31H,2-6,9-10H2,1H3,(H,28,29,30);2H2,1H3/b23-16-;. The molecule has 1 saturated carbocycles. The second-order valence-electron chi connectivity index (χ2n) is 7.99. The summed E-state index contributed by atoms with van der Waals surface area (Å²) < 4.78 is 3.32. The quantitative estimate of drug-likeness (QED) is 0.201. The van der Waals surface area contributed by atoms with Crippen molar-refractivity contribution in [3.63, 3.8) is 0 Å². The van der Waals surface area contributed by atoms with Crippen molar-refractivity contribution in [1.82, 2.24) is 14.1 Å². The average Bonchev–Trinajstić information content (AvgIpc) is 2.90. The molecule has 3 aromatic rings. The highest BCUT2D eigenvalue weighted by Crippen LogP contribution is 2.34. The van der Waals surface area contributed by atoms with Gasteiger partial charge in [0, 0.05) is 33.6 Å². The minimum atomic E-state index is 0.479. The summed E-state index contributed by atoms with van der Waals surface area (Å²) in [6.45, 7) is 5.81. The van der Waals surface area contributed by atoms with Crippen molar-refractivity contribution < 1.29 is 0 Å². The van der Waals surface area contributed by atoms with Gasteiger partial charge in [0.25, 0.3) is 0 Å². The van der Waals surface area contributed by atoms with E-state index in [0.29, 0.717) is 6.04 Å². The molecule has 1 heterocycles. The molecule has 4 N–H and O–H groups in total. The van der Waals surface area contributed by atoms with Crippen molar-refractivity contribution in [2.45, 2.75) is 56.4 Å². The van der Waals surface area contributed by atoms with Crippen LogP contribution in [0.4, 0.5) is 5.95 Å². The largest absolute Gasteiger partial charge is 0.351 e. The van der Waals surface area contributed by atoms with Gasteiger partial charge in [0.15, 0.2) is 0 Å². The van der Waals surface area contributed by atoms with E-state index in [1.165, 1.54) is 68.6 Å². The van der Waals surface area contributed by atoms with Gasteiger partial charge in [-0.25, -0.2) is 9.97 Å². The molecule has 0 spiro atoms. The molecule has 0 aliphatic heterocycles. The van der Waals surface area contributed by atoms with Crippen LogP contribution in [-0.4, -0.2) is 29.8 Å². The van der Waals surface area contributed by atoms with E-state index in [-0.39, 0.29) is 0 Å². The minimum Gasteiger partial charge on any atom is -0.351 e. The van der Waals surface area contributed by atoms with Gasteiger partial charge in [-0.2, -0.15) is 4.13 Å². The van der Waals surface area contributed by atoms with Crippen molar-refractivity contribution >= 4 is 64.0 Å². The number of fused-ring (bicyclic) bond motifs is 1. The second-order valence-corrected chi connectivity index (χ2v) is 10.4. The first-order valence-corrected chi connectivity index (χ1v) is 13.8. The topological polar surface area (TPSA) is 88.2 Å². The summed E-state index contributed by atoms with van der Waals surface area (Å²) in [6.07, 6.45) is 10.9. The number of hydrogen-bond donors (Lipinski definition) is 3. The SMILES string of the molecule is C=N/C=C(\SNSc1ccccc1Cl)c1cc(CC)c2nc(NC3CCCCC3)ncc2c1.CN. The molecule has 35 heavy (non-hydrogen) atoms. The van der Waals surface area contributed by atoms with Crippen LogP contribution in [0.15, 0.2) is 58.7 Å². The lowest BCUT2D eigenvalue weighted by Crippen LogP contribution is -2.23. The third-order valence-corrected chi connectivity index (χ3v) is 7.96. The maximum Gasteiger partial charge on any atom is 0.223 e. The highest BCUT2D eigenvalue weighted by molar-refractivity contribution is 8.17. The molecule has 0 bridgehead atoms. The number of nitrogens with two attached hydrogens (primary N) is 1. The lowest BCUT2D eigenvalue weighted by atomic mass is 9.96. The van der Waals surface area contributed by atoms with Crippen LogP contribution in [-0.2, 0) is 6.42 Å². The van der Waals surface area contributed by atoms with Crippen LogP contribution in [0.25, 0.3) is 15.8 Å². The summed E-state index contributed by atoms with van der Waals surface area (Å²) in [7, 11) is 1.50. The van der Waals surface area contributed by atoms with Gasteiger partial charge in [-0.1, -0.05) is 49.9 Å². The molecule has 0 unspecified atom stereocenters. The van der Waals surface area contributed by atoms with Crippen LogP contribution in [0.2, 0.25) is 5.02 Å². The third kappa shape index (κ3) is 7.69. The van der Waals surface area contributed by atoms with Crippen LogP contribution in [0.5, 0.6) is 0 Å². The van der Waals surface area contributed by atoms with Gasteiger partial charge in [-0.05, 0) is 92.3 Å². The number of nitrogens with zero attached hydrogens (tertiary/aromatic N) is 3. The zero-order valence-corrected chi connectivity index (χ0v) is 22.6. The molecule has 1 aromatic heterocycles. The van der Waals surface area contributed by atoms with Gasteiger partial charge in [-0.15, -0.1) is 0 Å². The summed E-state index contributed by atoms with van der Waals surface area (Å²) in [4.78, 5) is 15.4. The smallest absolute Gasteiger partial charge is 0.223 e. The van der Waals surface area contributed by atoms with E-state index in [1.54, 1.807) is 6.20 Å². The van der Waals surface area contributed by atoms with E-state index >= 15 is 0 Å². The first-order chi connectivity index (χ1) is 17.2. The summed E-state index contributed by atoms with van der Waals surface area (Å²) in [5.74, 6) is 0.729. The molecule has 0 amide bonds. The molecule has 9 heteroatoms. The average molecular weight is 529 g/mol. The van der Waals surface area contributed by atoms with Crippen molar-refractivity contribution in [2.24, 2.45) is 10.7 Å². The van der Waals surface area contributed by atoms with Crippen LogP contribution < -0.4 is 15.2 Å². The lowest BCUT2D eigenvalue weighted by molar-refractivity contribution is 0.461. The summed E-state index contributed by atoms with van der Waals surface area (Å²) in [6, 6.07) is 12.5. The Labute approximate surface area is 221 Å². The highest BCUT2D eigenvalue weighted by Gasteiger charge is 2.16. The fourth-order valence-electron chi connectivity index (χ4n) is 4.01. The second kappa shape index (κ2) is 14.5. The number of benzene rings is 2. The van der Waals surface area contributed by atoms with E-state index in [1.807, 2.05) is 30.5 Å². The predicted octanol–water partition coefficient (Wildman–Crippen LogP) is 7.11. The van der Waals surface area contributed by atoms with Crippen molar-refractivity contribution in [2.75, 3.05) is 12.4 Å². The number of hydrogen-bond acceptors (Lipinski definition) is 8. The van der Waals surface area contributed by atoms with Gasteiger partial charge >= 0.3 is 0 Å². The fourth-order valence-corrected chi connectivity index (χ4v) is 5.82. The van der Waals surface area contributed by atoms with Crippen LogP contribution in [0.3, 0.4) is 0 Å². The van der Waals surface area contributed by atoms with Crippen molar-refractivity contribution in [3.05, 3.63) is 64.9 Å². The van der Waals surface area contributed by atoms with E-state index in [2.05, 4.69) is 50.9 Å². The third-order valence-electron chi connectivity index (χ3n) is 5.71. The van der Waals surface area contributed by atoms with Gasteiger partial charge < -0.3 is 11.1 Å². The molecule has 186 valence electrons. The number of nitrogens with one attached hydrogen (secondary N) is 2. The highest BCUT2D eigenvalue weighted by atomic mass is 35.5. The minimum absolute atomic E-state index is 0.479. The Morgan fingerprint density at radius 3 is 2.71 bits per heavy atom. The van der Waals surface area contributed by atoms with Gasteiger partial charge in [0.05, 0.1) is 10.5 Å². The Kier molecular flexibility index (Phi) is 11.4. The number of aliphatic imine (C=N–C) groups is 1. The lowest BCUT2D eigenvalue weighted by Gasteiger charge is -2.22. The van der Waals surface area contributed by atoms with E-state index in [9.17, 15) is 0 Å². The number of rotatable bonds is 9. The zero-order valence-electron chi connectivity index (χ0n) is 20.3. The van der Waals surface area contributed by atoms with Crippen LogP contribution >= 0.6 is 35.5 Å². The van der Waals surface area contributed by atoms with Gasteiger partial charge in [-0.3, -0.25) is 4.99 Å². The Bertz CT molecular complexity index is 1150. The molecule has 0 saturated heterocycles. The first kappa shape index (κ1) is 27.5. The molecule has 0 radical (unpaired) electrons. The number of anilines is 1. The molecule has 1 fully saturated rings. The van der Waals surface area contributed by atoms with Gasteiger partial charge in [0.2, 0.25) is 5.95 Å². The maximum absolute atomic E-state index is 6.26. The maximum atomic E-state index is 6.26. The molecular weight excluding hydrogens is 496 g/mol. The number of aryl methyl sites for hydroxylation is 1. The molecule has 6 nitrogen and oxygen atoms in total. The van der Waals surface area contributed by atoms with E-state index in [4.69, 9.17) is 16.6 Å². The Hall–Kier alpha value is -2.10. The Morgan fingerprint density at radius 1 is 1.23 bits per heavy atom. The zero-order chi connectivity index (χ0) is 25.0. The molecule has 4 rings (SSSR count). The van der Waals surface area contributed by atoms with Crippen LogP contribution in [0.1, 0.15) is 50.2 Å². The van der Waals surface area contributed by atoms with Crippen molar-refractivity contribution in [1.29, 1.82) is 0 Å². The number of aromatic nitrogens is 2. The monoisotopic (exact) mass is 528 g/mol. The summed E-state index contributed by atoms with van der Waals surface area (Å²) >= 11 is 9.22. The Morgan fingerprint density at radius 2 is 2.00 bits per heavy atom. The molecule has 2 aromatic carbocycles. The van der Waals surface area contributed by atoms with Gasteiger partial charge in [0.1, 0.15) is 0 Å². The van der Waals surface area contributed by atoms with Crippen molar-refractivity contribution in [3.8, 4) is 0 Å². The van der Waals surface area contributed by atoms with Crippen LogP contribution in [0, 0.1) is 0 Å². The molecule has 0 atom stereocenters. The summed E-state index contributed by atoms with van der Waals surface area (Å²) in [5.41, 5.74) is 7.75. The summed E-state index contributed by atoms with van der Waals surface area (Å²) in [5, 5.41) is 5.29.